The molecule has 0 saturated heterocycles. The highest BCUT2D eigenvalue weighted by molar-refractivity contribution is 6.30. The topological polar surface area (TPSA) is 81.7 Å². The van der Waals surface area contributed by atoms with E-state index in [0.29, 0.717) is 22.3 Å². The van der Waals surface area contributed by atoms with Gasteiger partial charge in [-0.1, -0.05) is 11.6 Å². The number of nitrogens with zero attached hydrogens (tertiary/aromatic N) is 4. The van der Waals surface area contributed by atoms with Crippen LogP contribution >= 0.6 is 11.6 Å². The lowest BCUT2D eigenvalue weighted by atomic mass is 10.3. The molecule has 0 saturated carbocycles. The predicted octanol–water partition coefficient (Wildman–Crippen LogP) is 3.26. The minimum Gasteiger partial charge on any atom is -0.393 e. The molecule has 3 aromatic rings. The Balaban J connectivity index is 1.98. The number of aryl methyl sites for hydroxylation is 2. The first-order valence-electron chi connectivity index (χ1n) is 6.71. The summed E-state index contributed by atoms with van der Waals surface area (Å²) < 4.78 is 1.71. The number of halogens is 1. The van der Waals surface area contributed by atoms with Gasteiger partial charge in [0.25, 0.3) is 0 Å². The molecule has 22 heavy (non-hydrogen) atoms. The number of benzene rings is 1. The smallest absolute Gasteiger partial charge is 0.182 e. The Labute approximate surface area is 133 Å². The molecule has 0 bridgehead atoms. The summed E-state index contributed by atoms with van der Waals surface area (Å²) in [7, 11) is 0. The second-order valence-corrected chi connectivity index (χ2v) is 5.37. The summed E-state index contributed by atoms with van der Waals surface area (Å²) >= 11 is 5.88. The third-order valence-electron chi connectivity index (χ3n) is 3.18. The Kier molecular flexibility index (Phi) is 3.68. The molecule has 0 atom stereocenters. The van der Waals surface area contributed by atoms with E-state index in [0.717, 1.165) is 17.1 Å². The molecular formula is C15H15ClN6. The fourth-order valence-electron chi connectivity index (χ4n) is 2.17. The Bertz CT molecular complexity index is 809. The molecule has 1 aromatic carbocycles. The van der Waals surface area contributed by atoms with Crippen LogP contribution in [0.4, 0.5) is 17.2 Å². The molecular weight excluding hydrogens is 300 g/mol. The maximum Gasteiger partial charge on any atom is 0.182 e. The summed E-state index contributed by atoms with van der Waals surface area (Å²) in [4.78, 5) is 8.44. The fraction of sp³-hybridized carbons (Fsp3) is 0.133. The predicted molar refractivity (Wildman–Crippen MR) is 87.8 cm³/mol. The zero-order valence-corrected chi connectivity index (χ0v) is 13.0. The molecule has 0 aliphatic heterocycles. The highest BCUT2D eigenvalue weighted by Crippen LogP contribution is 2.26. The van der Waals surface area contributed by atoms with Crippen LogP contribution in [0.3, 0.4) is 0 Å². The van der Waals surface area contributed by atoms with Crippen LogP contribution < -0.4 is 11.1 Å². The lowest BCUT2D eigenvalue weighted by Crippen LogP contribution is -2.09. The average molecular weight is 315 g/mol. The van der Waals surface area contributed by atoms with Crippen LogP contribution in [0.1, 0.15) is 11.4 Å². The number of nitrogens with one attached hydrogen (secondary N) is 1. The van der Waals surface area contributed by atoms with Gasteiger partial charge < -0.3 is 11.1 Å². The van der Waals surface area contributed by atoms with Crippen molar-refractivity contribution in [2.75, 3.05) is 11.1 Å². The molecule has 0 radical (unpaired) electrons. The number of anilines is 3. The van der Waals surface area contributed by atoms with Crippen molar-refractivity contribution in [2.24, 2.45) is 0 Å². The molecule has 0 aliphatic carbocycles. The Morgan fingerprint density at radius 3 is 2.50 bits per heavy atom. The second-order valence-electron chi connectivity index (χ2n) is 4.93. The number of aromatic nitrogens is 4. The van der Waals surface area contributed by atoms with E-state index < -0.39 is 0 Å². The van der Waals surface area contributed by atoms with Gasteiger partial charge in [-0.2, -0.15) is 5.10 Å². The largest absolute Gasteiger partial charge is 0.393 e. The summed E-state index contributed by atoms with van der Waals surface area (Å²) in [6.45, 7) is 3.88. The van der Waals surface area contributed by atoms with Crippen LogP contribution in [-0.4, -0.2) is 19.7 Å². The first-order chi connectivity index (χ1) is 10.5. The second kappa shape index (κ2) is 5.65. The normalized spacial score (nSPS) is 10.7. The molecule has 0 spiro atoms. The van der Waals surface area contributed by atoms with Gasteiger partial charge in [0.1, 0.15) is 12.0 Å². The number of nitrogen functional groups attached to an aromatic ring is 1. The molecule has 0 aliphatic rings. The van der Waals surface area contributed by atoms with Crippen molar-refractivity contribution in [1.29, 1.82) is 0 Å². The standard InChI is InChI=1S/C15H15ClN6/c1-9-7-10(2)22(21-9)15-13(17)14(18-8-19-15)20-12-5-3-11(16)4-6-12/h3-8H,17H2,1-2H3,(H,18,19,20). The van der Waals surface area contributed by atoms with Crippen molar-refractivity contribution in [1.82, 2.24) is 19.7 Å². The first-order valence-corrected chi connectivity index (χ1v) is 7.09. The van der Waals surface area contributed by atoms with Crippen molar-refractivity contribution in [3.05, 3.63) is 53.1 Å². The molecule has 2 aromatic heterocycles. The quantitative estimate of drug-likeness (QED) is 0.775. The summed E-state index contributed by atoms with van der Waals surface area (Å²) in [5, 5.41) is 8.23. The molecule has 112 valence electrons. The number of nitrogens with two attached hydrogens (primary N) is 1. The highest BCUT2D eigenvalue weighted by Gasteiger charge is 2.13. The molecule has 0 amide bonds. The van der Waals surface area contributed by atoms with E-state index in [4.69, 9.17) is 17.3 Å². The number of rotatable bonds is 3. The van der Waals surface area contributed by atoms with E-state index >= 15 is 0 Å². The maximum atomic E-state index is 6.20. The summed E-state index contributed by atoms with van der Waals surface area (Å²) in [6, 6.07) is 9.26. The van der Waals surface area contributed by atoms with Gasteiger partial charge in [0.05, 0.1) is 5.69 Å². The summed E-state index contributed by atoms with van der Waals surface area (Å²) in [6.07, 6.45) is 1.46. The molecule has 6 nitrogen and oxygen atoms in total. The van der Waals surface area contributed by atoms with Crippen molar-refractivity contribution in [2.45, 2.75) is 13.8 Å². The molecule has 2 heterocycles. The monoisotopic (exact) mass is 314 g/mol. The van der Waals surface area contributed by atoms with Crippen LogP contribution in [0.25, 0.3) is 5.82 Å². The third kappa shape index (κ3) is 2.73. The van der Waals surface area contributed by atoms with E-state index in [1.807, 2.05) is 32.0 Å². The molecule has 0 unspecified atom stereocenters. The van der Waals surface area contributed by atoms with Crippen LogP contribution in [0.5, 0.6) is 0 Å². The van der Waals surface area contributed by atoms with Gasteiger partial charge in [-0.15, -0.1) is 0 Å². The Morgan fingerprint density at radius 1 is 1.14 bits per heavy atom. The van der Waals surface area contributed by atoms with Gasteiger partial charge in [-0.25, -0.2) is 14.6 Å². The van der Waals surface area contributed by atoms with Gasteiger partial charge in [0.15, 0.2) is 11.6 Å². The SMILES string of the molecule is Cc1cc(C)n(-c2ncnc(Nc3ccc(Cl)cc3)c2N)n1. The van der Waals surface area contributed by atoms with Crippen LogP contribution in [-0.2, 0) is 0 Å². The zero-order valence-electron chi connectivity index (χ0n) is 12.2. The minimum atomic E-state index is 0.434. The third-order valence-corrected chi connectivity index (χ3v) is 3.43. The van der Waals surface area contributed by atoms with Gasteiger partial charge in [0, 0.05) is 16.4 Å². The van der Waals surface area contributed by atoms with Crippen LogP contribution in [0.2, 0.25) is 5.02 Å². The van der Waals surface area contributed by atoms with Crippen molar-refractivity contribution in [3.63, 3.8) is 0 Å². The van der Waals surface area contributed by atoms with Gasteiger partial charge >= 0.3 is 0 Å². The Morgan fingerprint density at radius 2 is 1.86 bits per heavy atom. The molecule has 7 heteroatoms. The van der Waals surface area contributed by atoms with Crippen molar-refractivity contribution < 1.29 is 0 Å². The lowest BCUT2D eigenvalue weighted by molar-refractivity contribution is 0.804. The van der Waals surface area contributed by atoms with Crippen LogP contribution in [0, 0.1) is 13.8 Å². The molecule has 0 fully saturated rings. The van der Waals surface area contributed by atoms with Crippen molar-refractivity contribution in [3.8, 4) is 5.82 Å². The van der Waals surface area contributed by atoms with E-state index in [2.05, 4.69) is 20.4 Å². The van der Waals surface area contributed by atoms with E-state index in [9.17, 15) is 0 Å². The van der Waals surface area contributed by atoms with Crippen LogP contribution in [0.15, 0.2) is 36.7 Å². The van der Waals surface area contributed by atoms with E-state index in [1.165, 1.54) is 6.33 Å². The lowest BCUT2D eigenvalue weighted by Gasteiger charge is -2.12. The highest BCUT2D eigenvalue weighted by atomic mass is 35.5. The molecule has 3 N–H and O–H groups in total. The van der Waals surface area contributed by atoms with Gasteiger partial charge in [0.2, 0.25) is 0 Å². The van der Waals surface area contributed by atoms with Gasteiger partial charge in [-0.05, 0) is 44.2 Å². The fourth-order valence-corrected chi connectivity index (χ4v) is 2.29. The zero-order chi connectivity index (χ0) is 15.7. The Hall–Kier alpha value is -2.60. The minimum absolute atomic E-state index is 0.434. The number of hydrogen-bond acceptors (Lipinski definition) is 5. The van der Waals surface area contributed by atoms with Crippen molar-refractivity contribution >= 4 is 28.8 Å². The molecule has 3 rings (SSSR count). The van der Waals surface area contributed by atoms with E-state index in [1.54, 1.807) is 16.8 Å². The average Bonchev–Trinajstić information content (AvgIpc) is 2.82. The van der Waals surface area contributed by atoms with Gasteiger partial charge in [-0.3, -0.25) is 0 Å². The van der Waals surface area contributed by atoms with E-state index in [-0.39, 0.29) is 0 Å². The maximum absolute atomic E-state index is 6.20. The summed E-state index contributed by atoms with van der Waals surface area (Å²) in [5.41, 5.74) is 9.34. The first kappa shape index (κ1) is 14.3. The summed E-state index contributed by atoms with van der Waals surface area (Å²) in [5.74, 6) is 1.08. The number of hydrogen-bond donors (Lipinski definition) is 2.